The van der Waals surface area contributed by atoms with Crippen LogP contribution in [0.15, 0.2) is 47.6 Å². The number of hydrogen-bond acceptors (Lipinski definition) is 6. The van der Waals surface area contributed by atoms with Crippen molar-refractivity contribution >= 4 is 29.3 Å². The summed E-state index contributed by atoms with van der Waals surface area (Å²) in [6, 6.07) is 12.6. The average Bonchev–Trinajstić information content (AvgIpc) is 3.27. The van der Waals surface area contributed by atoms with Crippen molar-refractivity contribution in [1.29, 1.82) is 0 Å². The number of ether oxygens (including phenoxy) is 1. The molecule has 2 aromatic carbocycles. The summed E-state index contributed by atoms with van der Waals surface area (Å²) in [5.74, 6) is 1.23. The molecule has 8 nitrogen and oxygen atoms in total. The van der Waals surface area contributed by atoms with Gasteiger partial charge in [0.15, 0.2) is 11.0 Å². The molecular weight excluding hydrogens is 450 g/mol. The summed E-state index contributed by atoms with van der Waals surface area (Å²) in [5, 5.41) is 15.2. The van der Waals surface area contributed by atoms with Crippen LogP contribution in [-0.2, 0) is 17.8 Å². The lowest BCUT2D eigenvalue weighted by molar-refractivity contribution is -0.113. The first-order valence-corrected chi connectivity index (χ1v) is 12.3. The molecule has 0 spiro atoms. The lowest BCUT2D eigenvalue weighted by Gasteiger charge is -2.15. The van der Waals surface area contributed by atoms with E-state index in [1.807, 2.05) is 43.5 Å². The molecule has 0 radical (unpaired) electrons. The minimum atomic E-state index is -0.357. The van der Waals surface area contributed by atoms with E-state index in [2.05, 4.69) is 27.8 Å². The van der Waals surface area contributed by atoms with Crippen LogP contribution in [0.25, 0.3) is 0 Å². The topological polar surface area (TPSA) is 98.1 Å². The molecule has 2 N–H and O–H groups in total. The van der Waals surface area contributed by atoms with E-state index in [1.165, 1.54) is 11.8 Å². The summed E-state index contributed by atoms with van der Waals surface area (Å²) in [5.41, 5.74) is 3.56. The van der Waals surface area contributed by atoms with Gasteiger partial charge in [-0.3, -0.25) is 9.59 Å². The Morgan fingerprint density at radius 3 is 2.50 bits per heavy atom. The number of para-hydroxylation sites is 1. The summed E-state index contributed by atoms with van der Waals surface area (Å²) >= 11 is 1.33. The molecule has 3 aromatic rings. The molecule has 34 heavy (non-hydrogen) atoms. The fourth-order valence-electron chi connectivity index (χ4n) is 3.62. The summed E-state index contributed by atoms with van der Waals surface area (Å²) in [6.07, 6.45) is 0.845. The van der Waals surface area contributed by atoms with Crippen molar-refractivity contribution < 1.29 is 14.3 Å². The highest BCUT2D eigenvalue weighted by atomic mass is 32.2. The highest BCUT2D eigenvalue weighted by Gasteiger charge is 2.20. The first-order chi connectivity index (χ1) is 16.4. The normalized spacial score (nSPS) is 11.7. The van der Waals surface area contributed by atoms with Gasteiger partial charge in [-0.25, -0.2) is 0 Å². The Hall–Kier alpha value is -3.33. The van der Waals surface area contributed by atoms with Crippen molar-refractivity contribution in [1.82, 2.24) is 20.1 Å². The summed E-state index contributed by atoms with van der Waals surface area (Å²) in [6.45, 7) is 8.52. The fraction of sp³-hybridized carbons (Fsp3) is 0.360. The van der Waals surface area contributed by atoms with Crippen LogP contribution < -0.4 is 15.4 Å². The molecule has 1 unspecified atom stereocenters. The zero-order valence-corrected chi connectivity index (χ0v) is 21.0. The zero-order chi connectivity index (χ0) is 24.7. The second-order valence-corrected chi connectivity index (χ2v) is 8.75. The highest BCUT2D eigenvalue weighted by molar-refractivity contribution is 7.99. The number of carbonyl (C=O) groups excluding carboxylic acids is 2. The molecule has 0 aliphatic carbocycles. The van der Waals surface area contributed by atoms with Crippen LogP contribution in [0, 0.1) is 6.92 Å². The predicted molar refractivity (Wildman–Crippen MR) is 134 cm³/mol. The molecule has 0 saturated heterocycles. The van der Waals surface area contributed by atoms with Gasteiger partial charge in [0, 0.05) is 17.8 Å². The predicted octanol–water partition coefficient (Wildman–Crippen LogP) is 4.40. The number of rotatable bonds is 10. The van der Waals surface area contributed by atoms with Crippen molar-refractivity contribution in [3.05, 3.63) is 65.0 Å². The Morgan fingerprint density at radius 1 is 1.12 bits per heavy atom. The molecule has 1 heterocycles. The van der Waals surface area contributed by atoms with Crippen LogP contribution >= 0.6 is 11.8 Å². The minimum Gasteiger partial charge on any atom is -0.497 e. The Morgan fingerprint density at radius 2 is 1.85 bits per heavy atom. The number of benzene rings is 2. The van der Waals surface area contributed by atoms with Gasteiger partial charge in [0.2, 0.25) is 5.91 Å². The van der Waals surface area contributed by atoms with Crippen LogP contribution in [0.3, 0.4) is 0 Å². The zero-order valence-electron chi connectivity index (χ0n) is 20.2. The van der Waals surface area contributed by atoms with E-state index >= 15 is 0 Å². The van der Waals surface area contributed by atoms with Gasteiger partial charge < -0.3 is 19.9 Å². The SMILES string of the molecule is CCc1cccc(C)c1NC(=O)CSc1nnc(C(C)NC(=O)c2ccc(OC)cc2)n1CC. The van der Waals surface area contributed by atoms with Crippen molar-refractivity contribution in [2.24, 2.45) is 0 Å². The number of amides is 2. The van der Waals surface area contributed by atoms with Gasteiger partial charge >= 0.3 is 0 Å². The van der Waals surface area contributed by atoms with E-state index < -0.39 is 0 Å². The Bertz CT molecular complexity index is 1140. The van der Waals surface area contributed by atoms with E-state index in [0.29, 0.717) is 28.8 Å². The third kappa shape index (κ3) is 5.96. The standard InChI is InChI=1S/C25H31N5O3S/c1-6-18-10-8-9-16(3)22(18)27-21(31)15-34-25-29-28-23(30(25)7-2)17(4)26-24(32)19-11-13-20(33-5)14-12-19/h8-14,17H,6-7,15H2,1-5H3,(H,26,32)(H,27,31). The number of aryl methyl sites for hydroxylation is 2. The second kappa shape index (κ2) is 11.7. The van der Waals surface area contributed by atoms with Crippen LogP contribution in [0.4, 0.5) is 5.69 Å². The summed E-state index contributed by atoms with van der Waals surface area (Å²) in [7, 11) is 1.58. The van der Waals surface area contributed by atoms with Crippen LogP contribution in [-0.4, -0.2) is 39.4 Å². The molecule has 1 atom stereocenters. The number of thioether (sulfide) groups is 1. The molecule has 9 heteroatoms. The summed E-state index contributed by atoms with van der Waals surface area (Å²) < 4.78 is 7.06. The molecular formula is C25H31N5O3S. The molecule has 1 aromatic heterocycles. The maximum Gasteiger partial charge on any atom is 0.251 e. The first-order valence-electron chi connectivity index (χ1n) is 11.3. The molecule has 180 valence electrons. The van der Waals surface area contributed by atoms with Crippen molar-refractivity contribution in [3.8, 4) is 5.75 Å². The lowest BCUT2D eigenvalue weighted by atomic mass is 10.1. The molecule has 0 fully saturated rings. The number of hydrogen-bond donors (Lipinski definition) is 2. The fourth-order valence-corrected chi connectivity index (χ4v) is 4.43. The van der Waals surface area contributed by atoms with Crippen molar-refractivity contribution in [2.75, 3.05) is 18.2 Å². The van der Waals surface area contributed by atoms with E-state index in [4.69, 9.17) is 4.74 Å². The van der Waals surface area contributed by atoms with Gasteiger partial charge in [0.25, 0.3) is 5.91 Å². The van der Waals surface area contributed by atoms with Crippen LogP contribution in [0.2, 0.25) is 0 Å². The molecule has 0 aliphatic rings. The number of carbonyl (C=O) groups is 2. The largest absolute Gasteiger partial charge is 0.497 e. The van der Waals surface area contributed by atoms with Crippen molar-refractivity contribution in [3.63, 3.8) is 0 Å². The third-order valence-electron chi connectivity index (χ3n) is 5.49. The maximum atomic E-state index is 12.6. The number of methoxy groups -OCH3 is 1. The van der Waals surface area contributed by atoms with Crippen LogP contribution in [0.5, 0.6) is 5.75 Å². The van der Waals surface area contributed by atoms with Gasteiger partial charge in [-0.1, -0.05) is 36.9 Å². The van der Waals surface area contributed by atoms with Crippen LogP contribution in [0.1, 0.15) is 54.1 Å². The van der Waals surface area contributed by atoms with Crippen molar-refractivity contribution in [2.45, 2.75) is 51.9 Å². The van der Waals surface area contributed by atoms with Gasteiger partial charge in [0.1, 0.15) is 5.75 Å². The van der Waals surface area contributed by atoms with Gasteiger partial charge in [-0.05, 0) is 62.6 Å². The molecule has 0 saturated carbocycles. The highest BCUT2D eigenvalue weighted by Crippen LogP contribution is 2.24. The molecule has 3 rings (SSSR count). The van der Waals surface area contributed by atoms with E-state index in [0.717, 1.165) is 23.2 Å². The number of nitrogens with one attached hydrogen (secondary N) is 2. The van der Waals surface area contributed by atoms with E-state index in [9.17, 15) is 9.59 Å². The smallest absolute Gasteiger partial charge is 0.251 e. The van der Waals surface area contributed by atoms with Gasteiger partial charge in [-0.2, -0.15) is 0 Å². The Balaban J connectivity index is 1.64. The molecule has 2 amide bonds. The maximum absolute atomic E-state index is 12.6. The average molecular weight is 482 g/mol. The van der Waals surface area contributed by atoms with Gasteiger partial charge in [-0.15, -0.1) is 10.2 Å². The number of aromatic nitrogens is 3. The number of nitrogens with zero attached hydrogens (tertiary/aromatic N) is 3. The van der Waals surface area contributed by atoms with E-state index in [1.54, 1.807) is 31.4 Å². The monoisotopic (exact) mass is 481 g/mol. The Kier molecular flexibility index (Phi) is 8.70. The second-order valence-electron chi connectivity index (χ2n) is 7.81. The first kappa shape index (κ1) is 25.3. The summed E-state index contributed by atoms with van der Waals surface area (Å²) in [4.78, 5) is 25.3. The number of anilines is 1. The van der Waals surface area contributed by atoms with Gasteiger partial charge in [0.05, 0.1) is 18.9 Å². The molecule has 0 bridgehead atoms. The minimum absolute atomic E-state index is 0.0953. The lowest BCUT2D eigenvalue weighted by Crippen LogP contribution is -2.28. The van der Waals surface area contributed by atoms with E-state index in [-0.39, 0.29) is 23.6 Å². The third-order valence-corrected chi connectivity index (χ3v) is 6.45. The Labute approximate surface area is 204 Å². The quantitative estimate of drug-likeness (QED) is 0.417. The molecule has 0 aliphatic heterocycles.